The van der Waals surface area contributed by atoms with Crippen LogP contribution in [-0.4, -0.2) is 15.5 Å². The van der Waals surface area contributed by atoms with E-state index in [0.717, 1.165) is 35.5 Å². The van der Waals surface area contributed by atoms with E-state index in [1.54, 1.807) is 17.0 Å². The quantitative estimate of drug-likeness (QED) is 0.497. The highest BCUT2D eigenvalue weighted by Gasteiger charge is 2.44. The summed E-state index contributed by atoms with van der Waals surface area (Å²) < 4.78 is 2.70. The summed E-state index contributed by atoms with van der Waals surface area (Å²) in [6.07, 6.45) is 0.909. The van der Waals surface area contributed by atoms with Crippen molar-refractivity contribution in [1.29, 1.82) is 5.26 Å². The molecule has 3 aromatic rings. The molecule has 1 atom stereocenters. The molecule has 0 N–H and O–H groups in total. The lowest BCUT2D eigenvalue weighted by Crippen LogP contribution is -2.30. The molecule has 1 unspecified atom stereocenters. The number of carbonyl (C=O) groups excluding carboxylic acids is 1. The Kier molecular flexibility index (Phi) is 5.20. The van der Waals surface area contributed by atoms with Gasteiger partial charge < -0.3 is 4.57 Å². The second kappa shape index (κ2) is 7.66. The third-order valence-electron chi connectivity index (χ3n) is 5.13. The van der Waals surface area contributed by atoms with Crippen LogP contribution in [0.15, 0.2) is 47.2 Å². The number of aromatic nitrogens is 2. The monoisotopic (exact) mass is 468 g/mol. The van der Waals surface area contributed by atoms with E-state index in [2.05, 4.69) is 38.5 Å². The molecule has 0 bridgehead atoms. The van der Waals surface area contributed by atoms with Crippen molar-refractivity contribution in [2.75, 3.05) is 4.90 Å². The lowest BCUT2D eigenvalue weighted by molar-refractivity contribution is 0.0989. The zero-order valence-electron chi connectivity index (χ0n) is 16.0. The van der Waals surface area contributed by atoms with Crippen molar-refractivity contribution in [2.24, 2.45) is 0 Å². The summed E-state index contributed by atoms with van der Waals surface area (Å²) in [6, 6.07) is 14.7. The fourth-order valence-corrected chi connectivity index (χ4v) is 4.51. The molecule has 2 heterocycles. The van der Waals surface area contributed by atoms with E-state index in [1.165, 1.54) is 0 Å². The van der Waals surface area contributed by atoms with E-state index in [9.17, 15) is 4.79 Å². The van der Waals surface area contributed by atoms with Crippen LogP contribution in [0.2, 0.25) is 5.02 Å². The zero-order chi connectivity index (χ0) is 20.7. The van der Waals surface area contributed by atoms with Crippen LogP contribution in [0.4, 0.5) is 5.69 Å². The Morgan fingerprint density at radius 1 is 1.24 bits per heavy atom. The van der Waals surface area contributed by atoms with Gasteiger partial charge in [0.2, 0.25) is 0 Å². The highest BCUT2D eigenvalue weighted by Crippen LogP contribution is 2.44. The molecule has 4 rings (SSSR count). The Balaban J connectivity index is 1.96. The molecule has 5 nitrogen and oxygen atoms in total. The van der Waals surface area contributed by atoms with Crippen LogP contribution in [0.3, 0.4) is 0 Å². The number of halogens is 2. The normalized spacial score (nSPS) is 15.5. The highest BCUT2D eigenvalue weighted by atomic mass is 79.9. The van der Waals surface area contributed by atoms with Gasteiger partial charge in [0.05, 0.1) is 17.3 Å². The molecule has 7 heteroatoms. The van der Waals surface area contributed by atoms with Crippen LogP contribution in [0.1, 0.15) is 52.3 Å². The van der Waals surface area contributed by atoms with E-state index in [4.69, 9.17) is 16.9 Å². The zero-order valence-corrected chi connectivity index (χ0v) is 18.3. The van der Waals surface area contributed by atoms with E-state index in [0.29, 0.717) is 21.0 Å². The molecule has 0 aliphatic carbocycles. The molecular formula is C22H18BrClN4O. The molecule has 1 aliphatic heterocycles. The van der Waals surface area contributed by atoms with Gasteiger partial charge in [-0.25, -0.2) is 4.98 Å². The minimum atomic E-state index is -0.354. The second-order valence-corrected chi connectivity index (χ2v) is 8.15. The van der Waals surface area contributed by atoms with Crippen LogP contribution in [0.25, 0.3) is 0 Å². The number of nitrogens with zero attached hydrogens (tertiary/aromatic N) is 4. The fraction of sp³-hybridized carbons (Fsp3) is 0.227. The topological polar surface area (TPSA) is 61.9 Å². The molecule has 1 aliphatic rings. The first-order chi connectivity index (χ1) is 14.0. The summed E-state index contributed by atoms with van der Waals surface area (Å²) in [5.74, 6) is -0.157. The third kappa shape index (κ3) is 3.25. The summed E-state index contributed by atoms with van der Waals surface area (Å²) >= 11 is 9.78. The first-order valence-electron chi connectivity index (χ1n) is 9.32. The number of nitriles is 1. The van der Waals surface area contributed by atoms with Gasteiger partial charge >= 0.3 is 0 Å². The maximum absolute atomic E-state index is 13.5. The Hall–Kier alpha value is -2.62. The molecule has 146 valence electrons. The Labute approximate surface area is 182 Å². The van der Waals surface area contributed by atoms with Crippen LogP contribution in [0.5, 0.6) is 0 Å². The maximum Gasteiger partial charge on any atom is 0.279 e. The van der Waals surface area contributed by atoms with Crippen molar-refractivity contribution >= 4 is 39.1 Å². The van der Waals surface area contributed by atoms with Crippen molar-refractivity contribution in [3.63, 3.8) is 0 Å². The predicted molar refractivity (Wildman–Crippen MR) is 116 cm³/mol. The molecule has 0 saturated heterocycles. The average molecular weight is 470 g/mol. The number of fused-ring (bicyclic) bond motifs is 1. The van der Waals surface area contributed by atoms with Crippen molar-refractivity contribution in [2.45, 2.75) is 32.9 Å². The molecule has 0 saturated carbocycles. The van der Waals surface area contributed by atoms with Gasteiger partial charge in [-0.3, -0.25) is 9.69 Å². The summed E-state index contributed by atoms with van der Waals surface area (Å²) in [7, 11) is 0. The van der Waals surface area contributed by atoms with Gasteiger partial charge in [-0.1, -0.05) is 36.7 Å². The molecule has 0 fully saturated rings. The number of carbonyl (C=O) groups is 1. The first-order valence-corrected chi connectivity index (χ1v) is 10.5. The number of hydrogen-bond donors (Lipinski definition) is 0. The summed E-state index contributed by atoms with van der Waals surface area (Å²) in [5, 5.41) is 9.73. The molecule has 1 amide bonds. The first kappa shape index (κ1) is 19.7. The van der Waals surface area contributed by atoms with Gasteiger partial charge in [-0.15, -0.1) is 0 Å². The highest BCUT2D eigenvalue weighted by molar-refractivity contribution is 9.10. The van der Waals surface area contributed by atoms with Gasteiger partial charge in [0.15, 0.2) is 10.4 Å². The largest absolute Gasteiger partial charge is 0.320 e. The molecule has 0 spiro atoms. The standard InChI is InChI=1S/C22H18BrClN4O/c1-3-10-27-20-18(26-22(27)23)21(29)28(17-11-16(24)9-4-13(17)2)19(20)15-7-5-14(12-25)6-8-15/h4-9,11,19H,3,10H2,1-2H3. The fourth-order valence-electron chi connectivity index (χ4n) is 3.80. The maximum atomic E-state index is 13.5. The second-order valence-electron chi connectivity index (χ2n) is 7.01. The van der Waals surface area contributed by atoms with Gasteiger partial charge in [-0.2, -0.15) is 5.26 Å². The molecule has 1 aromatic heterocycles. The third-order valence-corrected chi connectivity index (χ3v) is 5.97. The molecule has 2 aromatic carbocycles. The van der Waals surface area contributed by atoms with E-state index in [1.807, 2.05) is 37.3 Å². The van der Waals surface area contributed by atoms with E-state index < -0.39 is 0 Å². The van der Waals surface area contributed by atoms with Crippen LogP contribution < -0.4 is 4.90 Å². The minimum Gasteiger partial charge on any atom is -0.320 e. The smallest absolute Gasteiger partial charge is 0.279 e. The number of anilines is 1. The number of amides is 1. The van der Waals surface area contributed by atoms with Gasteiger partial charge in [0, 0.05) is 17.3 Å². The van der Waals surface area contributed by atoms with Crippen LogP contribution in [0, 0.1) is 18.3 Å². The predicted octanol–water partition coefficient (Wildman–Crippen LogP) is 5.64. The number of hydrogen-bond acceptors (Lipinski definition) is 3. The van der Waals surface area contributed by atoms with Gasteiger partial charge in [0.25, 0.3) is 5.91 Å². The summed E-state index contributed by atoms with van der Waals surface area (Å²) in [5.41, 5.74) is 4.50. The Morgan fingerprint density at radius 3 is 2.62 bits per heavy atom. The summed E-state index contributed by atoms with van der Waals surface area (Å²) in [4.78, 5) is 19.8. The van der Waals surface area contributed by atoms with Crippen LogP contribution in [-0.2, 0) is 6.54 Å². The lowest BCUT2D eigenvalue weighted by atomic mass is 10.0. The van der Waals surface area contributed by atoms with E-state index in [-0.39, 0.29) is 11.9 Å². The molecule has 0 radical (unpaired) electrons. The van der Waals surface area contributed by atoms with Crippen molar-refractivity contribution in [3.8, 4) is 6.07 Å². The number of imidazole rings is 1. The average Bonchev–Trinajstić information content (AvgIpc) is 3.18. The van der Waals surface area contributed by atoms with Crippen molar-refractivity contribution in [1.82, 2.24) is 9.55 Å². The Morgan fingerprint density at radius 2 is 1.97 bits per heavy atom. The van der Waals surface area contributed by atoms with Crippen molar-refractivity contribution in [3.05, 3.63) is 80.3 Å². The van der Waals surface area contributed by atoms with E-state index >= 15 is 0 Å². The Bertz CT molecular complexity index is 1150. The lowest BCUT2D eigenvalue weighted by Gasteiger charge is -2.28. The minimum absolute atomic E-state index is 0.157. The number of rotatable bonds is 4. The number of benzene rings is 2. The van der Waals surface area contributed by atoms with Crippen molar-refractivity contribution < 1.29 is 4.79 Å². The van der Waals surface area contributed by atoms with Gasteiger partial charge in [-0.05, 0) is 64.7 Å². The molecular weight excluding hydrogens is 452 g/mol. The summed E-state index contributed by atoms with van der Waals surface area (Å²) in [6.45, 7) is 4.79. The molecule has 29 heavy (non-hydrogen) atoms. The number of aryl methyl sites for hydroxylation is 1. The SMILES string of the molecule is CCCn1c(Br)nc2c1C(c1ccc(C#N)cc1)N(c1cc(Cl)ccc1C)C2=O. The van der Waals surface area contributed by atoms with Gasteiger partial charge in [0.1, 0.15) is 6.04 Å². The van der Waals surface area contributed by atoms with Crippen LogP contribution >= 0.6 is 27.5 Å².